The van der Waals surface area contributed by atoms with Crippen molar-refractivity contribution >= 4 is 0 Å². The van der Waals surface area contributed by atoms with E-state index in [1.54, 1.807) is 0 Å². The van der Waals surface area contributed by atoms with Crippen molar-refractivity contribution in [3.63, 3.8) is 0 Å². The first kappa shape index (κ1) is 10.9. The summed E-state index contributed by atoms with van der Waals surface area (Å²) in [5.74, 6) is 0. The lowest BCUT2D eigenvalue weighted by molar-refractivity contribution is 1.06. The van der Waals surface area contributed by atoms with Crippen molar-refractivity contribution in [3.8, 4) is 0 Å². The van der Waals surface area contributed by atoms with Crippen LogP contribution in [-0.4, -0.2) is 0 Å². The van der Waals surface area contributed by atoms with Gasteiger partial charge in [0.15, 0.2) is 0 Å². The summed E-state index contributed by atoms with van der Waals surface area (Å²) in [6.07, 6.45) is 0.998. The van der Waals surface area contributed by atoms with Crippen LogP contribution in [0.15, 0.2) is 48.5 Å². The smallest absolute Gasteiger partial charge is 0.0178 e. The Morgan fingerprint density at radius 1 is 0.875 bits per heavy atom. The van der Waals surface area contributed by atoms with E-state index < -0.39 is 0 Å². The molecule has 82 valence electrons. The first-order valence-electron chi connectivity index (χ1n) is 5.62. The van der Waals surface area contributed by atoms with Crippen LogP contribution in [0, 0.1) is 6.92 Å². The summed E-state index contributed by atoms with van der Waals surface area (Å²) in [6.45, 7) is 2.77. The van der Waals surface area contributed by atoms with E-state index in [4.69, 9.17) is 5.73 Å². The largest absolute Gasteiger partial charge is 0.326 e. The molecule has 0 radical (unpaired) electrons. The van der Waals surface area contributed by atoms with E-state index in [-0.39, 0.29) is 0 Å². The van der Waals surface area contributed by atoms with Gasteiger partial charge in [0.05, 0.1) is 0 Å². The Balaban J connectivity index is 2.18. The van der Waals surface area contributed by atoms with Gasteiger partial charge in [-0.1, -0.05) is 48.5 Å². The van der Waals surface area contributed by atoms with Gasteiger partial charge < -0.3 is 5.73 Å². The highest BCUT2D eigenvalue weighted by Crippen LogP contribution is 2.14. The van der Waals surface area contributed by atoms with E-state index in [1.807, 2.05) is 0 Å². The second-order valence-electron chi connectivity index (χ2n) is 4.12. The minimum Gasteiger partial charge on any atom is -0.326 e. The fraction of sp³-hybridized carbons (Fsp3) is 0.200. The van der Waals surface area contributed by atoms with Crippen molar-refractivity contribution in [1.82, 2.24) is 0 Å². The summed E-state index contributed by atoms with van der Waals surface area (Å²) >= 11 is 0. The quantitative estimate of drug-likeness (QED) is 0.829. The Morgan fingerprint density at radius 3 is 2.12 bits per heavy atom. The van der Waals surface area contributed by atoms with Gasteiger partial charge in [-0.15, -0.1) is 0 Å². The second-order valence-corrected chi connectivity index (χ2v) is 4.12. The SMILES string of the molecule is Cc1ccccc1Cc1ccc(CN)cc1. The highest BCUT2D eigenvalue weighted by Gasteiger charge is 1.99. The Labute approximate surface area is 96.9 Å². The summed E-state index contributed by atoms with van der Waals surface area (Å²) in [4.78, 5) is 0. The molecule has 16 heavy (non-hydrogen) atoms. The lowest BCUT2D eigenvalue weighted by Crippen LogP contribution is -1.97. The van der Waals surface area contributed by atoms with Gasteiger partial charge >= 0.3 is 0 Å². The van der Waals surface area contributed by atoms with Gasteiger partial charge in [-0.3, -0.25) is 0 Å². The molecule has 0 fully saturated rings. The lowest BCUT2D eigenvalue weighted by atomic mass is 10.00. The summed E-state index contributed by atoms with van der Waals surface area (Å²) in [6, 6.07) is 17.0. The molecule has 0 spiro atoms. The van der Waals surface area contributed by atoms with Crippen LogP contribution >= 0.6 is 0 Å². The highest BCUT2D eigenvalue weighted by atomic mass is 14.5. The van der Waals surface area contributed by atoms with Gasteiger partial charge in [0, 0.05) is 6.54 Å². The zero-order valence-electron chi connectivity index (χ0n) is 9.61. The van der Waals surface area contributed by atoms with Crippen LogP contribution in [0.3, 0.4) is 0 Å². The molecule has 0 heterocycles. The number of rotatable bonds is 3. The molecule has 0 saturated heterocycles. The molecule has 0 unspecified atom stereocenters. The maximum Gasteiger partial charge on any atom is 0.0178 e. The first-order valence-corrected chi connectivity index (χ1v) is 5.62. The molecule has 2 rings (SSSR count). The van der Waals surface area contributed by atoms with E-state index in [0.717, 1.165) is 6.42 Å². The normalized spacial score (nSPS) is 10.4. The molecule has 0 bridgehead atoms. The topological polar surface area (TPSA) is 26.0 Å². The standard InChI is InChI=1S/C15H17N/c1-12-4-2-3-5-15(12)10-13-6-8-14(11-16)9-7-13/h2-9H,10-11,16H2,1H3. The van der Waals surface area contributed by atoms with Crippen LogP contribution in [0.1, 0.15) is 22.3 Å². The average molecular weight is 211 g/mol. The van der Waals surface area contributed by atoms with Gasteiger partial charge in [-0.05, 0) is 35.6 Å². The first-order chi connectivity index (χ1) is 7.79. The monoisotopic (exact) mass is 211 g/mol. The molecule has 0 saturated carbocycles. The fourth-order valence-electron chi connectivity index (χ4n) is 1.82. The van der Waals surface area contributed by atoms with Crippen molar-refractivity contribution in [3.05, 3.63) is 70.8 Å². The van der Waals surface area contributed by atoms with Crippen LogP contribution < -0.4 is 5.73 Å². The molecular weight excluding hydrogens is 194 g/mol. The number of nitrogens with two attached hydrogens (primary N) is 1. The predicted molar refractivity (Wildman–Crippen MR) is 68.3 cm³/mol. The van der Waals surface area contributed by atoms with Crippen LogP contribution in [0.2, 0.25) is 0 Å². The molecule has 0 amide bonds. The predicted octanol–water partition coefficient (Wildman–Crippen LogP) is 3.04. The Kier molecular flexibility index (Phi) is 3.37. The van der Waals surface area contributed by atoms with Crippen molar-refractivity contribution in [2.24, 2.45) is 5.73 Å². The molecule has 0 atom stereocenters. The van der Waals surface area contributed by atoms with Crippen molar-refractivity contribution in [2.75, 3.05) is 0 Å². The third-order valence-corrected chi connectivity index (χ3v) is 2.91. The van der Waals surface area contributed by atoms with Crippen molar-refractivity contribution in [2.45, 2.75) is 19.9 Å². The van der Waals surface area contributed by atoms with E-state index in [0.29, 0.717) is 6.54 Å². The van der Waals surface area contributed by atoms with Gasteiger partial charge in [0.2, 0.25) is 0 Å². The van der Waals surface area contributed by atoms with Crippen LogP contribution in [0.5, 0.6) is 0 Å². The molecule has 2 aromatic carbocycles. The minimum absolute atomic E-state index is 0.616. The summed E-state index contributed by atoms with van der Waals surface area (Å²) in [7, 11) is 0. The van der Waals surface area contributed by atoms with Crippen molar-refractivity contribution < 1.29 is 0 Å². The Bertz CT molecular complexity index is 457. The summed E-state index contributed by atoms with van der Waals surface area (Å²) < 4.78 is 0. The van der Waals surface area contributed by atoms with Crippen LogP contribution in [0.25, 0.3) is 0 Å². The fourth-order valence-corrected chi connectivity index (χ4v) is 1.82. The molecule has 1 nitrogen and oxygen atoms in total. The molecule has 1 heteroatoms. The number of hydrogen-bond acceptors (Lipinski definition) is 1. The molecule has 2 aromatic rings. The van der Waals surface area contributed by atoms with E-state index >= 15 is 0 Å². The van der Waals surface area contributed by atoms with Gasteiger partial charge in [0.1, 0.15) is 0 Å². The second kappa shape index (κ2) is 4.95. The lowest BCUT2D eigenvalue weighted by Gasteiger charge is -2.06. The highest BCUT2D eigenvalue weighted by molar-refractivity contribution is 5.33. The average Bonchev–Trinajstić information content (AvgIpc) is 2.33. The zero-order chi connectivity index (χ0) is 11.4. The maximum absolute atomic E-state index is 5.58. The molecule has 0 aromatic heterocycles. The number of hydrogen-bond donors (Lipinski definition) is 1. The number of aryl methyl sites for hydroxylation is 1. The van der Waals surface area contributed by atoms with Crippen LogP contribution in [-0.2, 0) is 13.0 Å². The molecular formula is C15H17N. The molecule has 0 aliphatic rings. The summed E-state index contributed by atoms with van der Waals surface area (Å²) in [5.41, 5.74) is 10.8. The van der Waals surface area contributed by atoms with Gasteiger partial charge in [0.25, 0.3) is 0 Å². The third-order valence-electron chi connectivity index (χ3n) is 2.91. The van der Waals surface area contributed by atoms with Gasteiger partial charge in [-0.25, -0.2) is 0 Å². The van der Waals surface area contributed by atoms with Crippen molar-refractivity contribution in [1.29, 1.82) is 0 Å². The van der Waals surface area contributed by atoms with Gasteiger partial charge in [-0.2, -0.15) is 0 Å². The van der Waals surface area contributed by atoms with E-state index in [9.17, 15) is 0 Å². The molecule has 0 aliphatic heterocycles. The molecule has 0 aliphatic carbocycles. The summed E-state index contributed by atoms with van der Waals surface area (Å²) in [5, 5.41) is 0. The molecule has 2 N–H and O–H groups in total. The Morgan fingerprint density at radius 2 is 1.50 bits per heavy atom. The van der Waals surface area contributed by atoms with Crippen LogP contribution in [0.4, 0.5) is 0 Å². The van der Waals surface area contributed by atoms with E-state index in [2.05, 4.69) is 55.5 Å². The zero-order valence-corrected chi connectivity index (χ0v) is 9.61. The Hall–Kier alpha value is -1.60. The number of benzene rings is 2. The van der Waals surface area contributed by atoms with E-state index in [1.165, 1.54) is 22.3 Å². The minimum atomic E-state index is 0.616. The maximum atomic E-state index is 5.58. The third kappa shape index (κ3) is 2.50.